The molecular formula is C21H28N2O2S. The lowest BCUT2D eigenvalue weighted by Crippen LogP contribution is -2.40. The highest BCUT2D eigenvalue weighted by atomic mass is 32.2. The molecule has 0 unspecified atom stereocenters. The first kappa shape index (κ1) is 18.9. The standard InChI is InChI=1S/C21H28N2O2S/c1-16(2)26(24,25)23-21-10-6-9-20(21)18-11-13-19(14-12-18)22-15-17-7-4-3-5-8-17/h3-5,7-8,11-14,16,20-23H,6,9-10,15H2,1-2H3/t20-,21-/m1/s1. The van der Waals surface area contributed by atoms with Crippen molar-refractivity contribution in [3.63, 3.8) is 0 Å². The van der Waals surface area contributed by atoms with Gasteiger partial charge in [-0.25, -0.2) is 13.1 Å². The van der Waals surface area contributed by atoms with E-state index in [0.29, 0.717) is 0 Å². The van der Waals surface area contributed by atoms with E-state index in [4.69, 9.17) is 0 Å². The van der Waals surface area contributed by atoms with Gasteiger partial charge in [0.1, 0.15) is 0 Å². The molecule has 5 heteroatoms. The van der Waals surface area contributed by atoms with E-state index in [2.05, 4.69) is 46.4 Å². The molecular weight excluding hydrogens is 344 g/mol. The zero-order valence-corrected chi connectivity index (χ0v) is 16.3. The minimum Gasteiger partial charge on any atom is -0.381 e. The number of rotatable bonds is 7. The number of benzene rings is 2. The largest absolute Gasteiger partial charge is 0.381 e. The molecule has 0 aliphatic heterocycles. The molecule has 0 radical (unpaired) electrons. The fraction of sp³-hybridized carbons (Fsp3) is 0.429. The smallest absolute Gasteiger partial charge is 0.214 e. The summed E-state index contributed by atoms with van der Waals surface area (Å²) in [7, 11) is -3.23. The molecule has 4 nitrogen and oxygen atoms in total. The fourth-order valence-corrected chi connectivity index (χ4v) is 4.47. The molecule has 1 fully saturated rings. The van der Waals surface area contributed by atoms with Crippen molar-refractivity contribution in [2.24, 2.45) is 0 Å². The molecule has 140 valence electrons. The van der Waals surface area contributed by atoms with Crippen LogP contribution in [0.3, 0.4) is 0 Å². The summed E-state index contributed by atoms with van der Waals surface area (Å²) >= 11 is 0. The van der Waals surface area contributed by atoms with Crippen molar-refractivity contribution in [1.82, 2.24) is 4.72 Å². The van der Waals surface area contributed by atoms with Gasteiger partial charge in [-0.1, -0.05) is 48.9 Å². The minimum atomic E-state index is -3.23. The Labute approximate surface area is 157 Å². The maximum Gasteiger partial charge on any atom is 0.214 e. The summed E-state index contributed by atoms with van der Waals surface area (Å²) in [4.78, 5) is 0. The Balaban J connectivity index is 1.64. The average Bonchev–Trinajstić information content (AvgIpc) is 3.08. The first-order chi connectivity index (χ1) is 12.5. The van der Waals surface area contributed by atoms with Crippen LogP contribution in [0.1, 0.15) is 50.2 Å². The molecule has 2 aromatic carbocycles. The normalized spacial score (nSPS) is 20.4. The van der Waals surface area contributed by atoms with E-state index in [0.717, 1.165) is 31.5 Å². The van der Waals surface area contributed by atoms with Crippen molar-refractivity contribution in [3.05, 3.63) is 65.7 Å². The maximum atomic E-state index is 12.2. The second-order valence-corrected chi connectivity index (χ2v) is 9.59. The third kappa shape index (κ3) is 4.65. The van der Waals surface area contributed by atoms with E-state index in [9.17, 15) is 8.42 Å². The quantitative estimate of drug-likeness (QED) is 0.763. The molecule has 0 saturated heterocycles. The molecule has 0 amide bonds. The average molecular weight is 373 g/mol. The lowest BCUT2D eigenvalue weighted by Gasteiger charge is -2.23. The van der Waals surface area contributed by atoms with E-state index in [1.807, 2.05) is 18.2 Å². The fourth-order valence-electron chi connectivity index (χ4n) is 3.50. The van der Waals surface area contributed by atoms with E-state index in [-0.39, 0.29) is 12.0 Å². The second-order valence-electron chi connectivity index (χ2n) is 7.32. The van der Waals surface area contributed by atoms with Crippen molar-refractivity contribution < 1.29 is 8.42 Å². The summed E-state index contributed by atoms with van der Waals surface area (Å²) in [6.45, 7) is 4.24. The van der Waals surface area contributed by atoms with Gasteiger partial charge in [-0.15, -0.1) is 0 Å². The SMILES string of the molecule is CC(C)S(=O)(=O)N[C@@H]1CCC[C@@H]1c1ccc(NCc2ccccc2)cc1. The van der Waals surface area contributed by atoms with Crippen LogP contribution in [0, 0.1) is 0 Å². The summed E-state index contributed by atoms with van der Waals surface area (Å²) in [5, 5.41) is 3.04. The van der Waals surface area contributed by atoms with Crippen LogP contribution in [-0.2, 0) is 16.6 Å². The van der Waals surface area contributed by atoms with Crippen molar-refractivity contribution in [2.75, 3.05) is 5.32 Å². The Bertz CT molecular complexity index is 802. The van der Waals surface area contributed by atoms with Gasteiger partial charge < -0.3 is 5.32 Å². The van der Waals surface area contributed by atoms with Gasteiger partial charge in [0.05, 0.1) is 5.25 Å². The third-order valence-corrected chi connectivity index (χ3v) is 7.00. The maximum absolute atomic E-state index is 12.2. The predicted octanol–water partition coefficient (Wildman–Crippen LogP) is 4.26. The van der Waals surface area contributed by atoms with Crippen molar-refractivity contribution in [1.29, 1.82) is 0 Å². The van der Waals surface area contributed by atoms with E-state index in [1.54, 1.807) is 13.8 Å². The lowest BCUT2D eigenvalue weighted by molar-refractivity contribution is 0.519. The summed E-state index contributed by atoms with van der Waals surface area (Å²) < 4.78 is 27.4. The van der Waals surface area contributed by atoms with Crippen LogP contribution in [0.25, 0.3) is 0 Å². The number of anilines is 1. The summed E-state index contributed by atoms with van der Waals surface area (Å²) in [5.74, 6) is 0.256. The highest BCUT2D eigenvalue weighted by molar-refractivity contribution is 7.90. The molecule has 0 spiro atoms. The highest BCUT2D eigenvalue weighted by Gasteiger charge is 2.32. The Hall–Kier alpha value is -1.85. The molecule has 0 aromatic heterocycles. The molecule has 3 rings (SSSR count). The van der Waals surface area contributed by atoms with Crippen LogP contribution >= 0.6 is 0 Å². The lowest BCUT2D eigenvalue weighted by atomic mass is 9.94. The van der Waals surface area contributed by atoms with E-state index >= 15 is 0 Å². The Kier molecular flexibility index (Phi) is 5.99. The van der Waals surface area contributed by atoms with Crippen LogP contribution in [0.5, 0.6) is 0 Å². The van der Waals surface area contributed by atoms with Gasteiger partial charge in [0.15, 0.2) is 0 Å². The molecule has 0 heterocycles. The van der Waals surface area contributed by atoms with Gasteiger partial charge in [0.2, 0.25) is 10.0 Å². The van der Waals surface area contributed by atoms with Gasteiger partial charge >= 0.3 is 0 Å². The third-order valence-electron chi connectivity index (χ3n) is 5.13. The molecule has 2 aromatic rings. The van der Waals surface area contributed by atoms with Crippen molar-refractivity contribution >= 4 is 15.7 Å². The molecule has 1 aliphatic carbocycles. The molecule has 1 aliphatic rings. The molecule has 2 atom stereocenters. The summed E-state index contributed by atoms with van der Waals surface area (Å²) in [6.07, 6.45) is 3.00. The monoisotopic (exact) mass is 372 g/mol. The van der Waals surface area contributed by atoms with Gasteiger partial charge in [-0.05, 0) is 49.9 Å². The zero-order valence-electron chi connectivity index (χ0n) is 15.5. The van der Waals surface area contributed by atoms with Crippen LogP contribution < -0.4 is 10.0 Å². The number of nitrogens with one attached hydrogen (secondary N) is 2. The number of sulfonamides is 1. The first-order valence-electron chi connectivity index (χ1n) is 9.34. The molecule has 1 saturated carbocycles. The molecule has 2 N–H and O–H groups in total. The summed E-state index contributed by atoms with van der Waals surface area (Å²) in [5.41, 5.74) is 3.54. The Morgan fingerprint density at radius 3 is 2.35 bits per heavy atom. The van der Waals surface area contributed by atoms with Gasteiger partial charge in [-0.2, -0.15) is 0 Å². The van der Waals surface area contributed by atoms with Crippen LogP contribution in [0.15, 0.2) is 54.6 Å². The molecule has 26 heavy (non-hydrogen) atoms. The van der Waals surface area contributed by atoms with Gasteiger partial charge in [0, 0.05) is 24.2 Å². The van der Waals surface area contributed by atoms with Crippen LogP contribution in [-0.4, -0.2) is 19.7 Å². The van der Waals surface area contributed by atoms with Gasteiger partial charge in [0.25, 0.3) is 0 Å². The second kappa shape index (κ2) is 8.23. The highest BCUT2D eigenvalue weighted by Crippen LogP contribution is 2.35. The minimum absolute atomic E-state index is 0.00512. The Morgan fingerprint density at radius 1 is 1.00 bits per heavy atom. The van der Waals surface area contributed by atoms with Crippen molar-refractivity contribution in [3.8, 4) is 0 Å². The number of hydrogen-bond acceptors (Lipinski definition) is 3. The van der Waals surface area contributed by atoms with Gasteiger partial charge in [-0.3, -0.25) is 0 Å². The van der Waals surface area contributed by atoms with Crippen LogP contribution in [0.4, 0.5) is 5.69 Å². The van der Waals surface area contributed by atoms with Crippen molar-refractivity contribution in [2.45, 2.75) is 56.9 Å². The Morgan fingerprint density at radius 2 is 1.69 bits per heavy atom. The van der Waals surface area contributed by atoms with Crippen LogP contribution in [0.2, 0.25) is 0 Å². The predicted molar refractivity (Wildman–Crippen MR) is 108 cm³/mol. The van der Waals surface area contributed by atoms with E-state index in [1.165, 1.54) is 11.1 Å². The summed E-state index contributed by atoms with van der Waals surface area (Å²) in [6, 6.07) is 18.7. The van der Waals surface area contributed by atoms with E-state index < -0.39 is 15.3 Å². The molecule has 0 bridgehead atoms. The zero-order chi connectivity index (χ0) is 18.6. The topological polar surface area (TPSA) is 58.2 Å². The number of hydrogen-bond donors (Lipinski definition) is 2. The first-order valence-corrected chi connectivity index (χ1v) is 10.9.